The molecule has 0 aliphatic carbocycles. The molecule has 0 unspecified atom stereocenters. The highest BCUT2D eigenvalue weighted by molar-refractivity contribution is 9.10. The zero-order valence-corrected chi connectivity index (χ0v) is 8.95. The van der Waals surface area contributed by atoms with Crippen molar-refractivity contribution in [2.24, 2.45) is 0 Å². The van der Waals surface area contributed by atoms with Crippen LogP contribution in [0.4, 0.5) is 5.69 Å². The lowest BCUT2D eigenvalue weighted by atomic mass is 10.4. The molecule has 14 heavy (non-hydrogen) atoms. The Morgan fingerprint density at radius 3 is 3.00 bits per heavy atom. The molecular weight excluding hydrogens is 244 g/mol. The van der Waals surface area contributed by atoms with Gasteiger partial charge in [-0.15, -0.1) is 0 Å². The van der Waals surface area contributed by atoms with E-state index in [9.17, 15) is 0 Å². The van der Waals surface area contributed by atoms with Crippen LogP contribution in [0, 0.1) is 0 Å². The number of hydrogen-bond donors (Lipinski definition) is 2. The number of halogens is 1. The lowest BCUT2D eigenvalue weighted by molar-refractivity contribution is 1.07. The van der Waals surface area contributed by atoms with E-state index in [0.717, 1.165) is 22.4 Å². The molecule has 2 N–H and O–H groups in total. The lowest BCUT2D eigenvalue weighted by Crippen LogP contribution is -2.00. The monoisotopic (exact) mass is 252 g/mol. The van der Waals surface area contributed by atoms with Gasteiger partial charge in [0.1, 0.15) is 0 Å². The molecule has 0 radical (unpaired) electrons. The van der Waals surface area contributed by atoms with E-state index in [0.29, 0.717) is 0 Å². The third-order valence-corrected chi connectivity index (χ3v) is 2.43. The van der Waals surface area contributed by atoms with Crippen molar-refractivity contribution in [3.8, 4) is 0 Å². The molecule has 0 aliphatic rings. The first kappa shape index (κ1) is 9.21. The van der Waals surface area contributed by atoms with Crippen LogP contribution < -0.4 is 5.32 Å². The second-order valence-corrected chi connectivity index (χ2v) is 3.64. The fourth-order valence-electron chi connectivity index (χ4n) is 1.09. The van der Waals surface area contributed by atoms with Crippen LogP contribution in [0.2, 0.25) is 0 Å². The van der Waals surface area contributed by atoms with Crippen molar-refractivity contribution in [1.82, 2.24) is 15.0 Å². The Labute approximate surface area is 89.9 Å². The summed E-state index contributed by atoms with van der Waals surface area (Å²) in [6, 6.07) is 1.92. The van der Waals surface area contributed by atoms with Gasteiger partial charge in [-0.25, -0.2) is 4.98 Å². The van der Waals surface area contributed by atoms with Gasteiger partial charge in [-0.3, -0.25) is 4.98 Å². The molecule has 0 saturated carbocycles. The second kappa shape index (κ2) is 4.23. The molecule has 2 rings (SSSR count). The van der Waals surface area contributed by atoms with Crippen molar-refractivity contribution >= 4 is 21.6 Å². The van der Waals surface area contributed by atoms with Gasteiger partial charge in [-0.1, -0.05) is 0 Å². The smallest absolute Gasteiger partial charge is 0.0922 e. The van der Waals surface area contributed by atoms with Crippen molar-refractivity contribution in [2.75, 3.05) is 5.32 Å². The van der Waals surface area contributed by atoms with Gasteiger partial charge in [0.05, 0.1) is 28.7 Å². The first-order chi connectivity index (χ1) is 6.86. The van der Waals surface area contributed by atoms with Crippen molar-refractivity contribution in [3.63, 3.8) is 0 Å². The van der Waals surface area contributed by atoms with E-state index >= 15 is 0 Å². The maximum Gasteiger partial charge on any atom is 0.0922 e. The minimum atomic E-state index is 0.725. The number of imidazole rings is 1. The standard InChI is InChI=1S/C9H9BrN4/c10-8-5-11-2-1-9(8)13-4-7-3-12-6-14-7/h1-3,5-6H,4H2,(H,11,13)(H,12,14). The van der Waals surface area contributed by atoms with E-state index in [1.165, 1.54) is 0 Å². The minimum Gasteiger partial charge on any atom is -0.378 e. The van der Waals surface area contributed by atoms with Gasteiger partial charge in [-0.2, -0.15) is 0 Å². The van der Waals surface area contributed by atoms with Crippen molar-refractivity contribution < 1.29 is 0 Å². The van der Waals surface area contributed by atoms with Gasteiger partial charge >= 0.3 is 0 Å². The Kier molecular flexibility index (Phi) is 2.78. The maximum absolute atomic E-state index is 3.98. The van der Waals surface area contributed by atoms with E-state index in [1.54, 1.807) is 24.9 Å². The summed E-state index contributed by atoms with van der Waals surface area (Å²) in [5.41, 5.74) is 2.07. The van der Waals surface area contributed by atoms with Crippen molar-refractivity contribution in [3.05, 3.63) is 41.2 Å². The molecule has 2 aromatic rings. The van der Waals surface area contributed by atoms with Crippen LogP contribution in [0.1, 0.15) is 5.69 Å². The SMILES string of the molecule is Brc1cnccc1NCc1cnc[nH]1. The highest BCUT2D eigenvalue weighted by Crippen LogP contribution is 2.20. The van der Waals surface area contributed by atoms with Crippen molar-refractivity contribution in [2.45, 2.75) is 6.54 Å². The Hall–Kier alpha value is -1.36. The Balaban J connectivity index is 2.02. The molecule has 4 nitrogen and oxygen atoms in total. The van der Waals surface area contributed by atoms with Gasteiger partial charge in [-0.05, 0) is 22.0 Å². The highest BCUT2D eigenvalue weighted by atomic mass is 79.9. The van der Waals surface area contributed by atoms with E-state index in [2.05, 4.69) is 36.2 Å². The van der Waals surface area contributed by atoms with Crippen LogP contribution in [0.3, 0.4) is 0 Å². The largest absolute Gasteiger partial charge is 0.378 e. The van der Waals surface area contributed by atoms with E-state index < -0.39 is 0 Å². The quantitative estimate of drug-likeness (QED) is 0.881. The molecule has 0 bridgehead atoms. The predicted molar refractivity (Wildman–Crippen MR) is 57.9 cm³/mol. The molecule has 5 heteroatoms. The van der Waals surface area contributed by atoms with Crippen LogP contribution in [0.25, 0.3) is 0 Å². The lowest BCUT2D eigenvalue weighted by Gasteiger charge is -2.05. The fourth-order valence-corrected chi connectivity index (χ4v) is 1.48. The molecule has 2 aromatic heterocycles. The van der Waals surface area contributed by atoms with Gasteiger partial charge in [0.25, 0.3) is 0 Å². The second-order valence-electron chi connectivity index (χ2n) is 2.79. The van der Waals surface area contributed by atoms with Gasteiger partial charge < -0.3 is 10.3 Å². The summed E-state index contributed by atoms with van der Waals surface area (Å²) in [6.45, 7) is 0.725. The number of rotatable bonds is 3. The first-order valence-corrected chi connectivity index (χ1v) is 4.96. The van der Waals surface area contributed by atoms with Crippen LogP contribution in [-0.2, 0) is 6.54 Å². The van der Waals surface area contributed by atoms with Crippen molar-refractivity contribution in [1.29, 1.82) is 0 Å². The maximum atomic E-state index is 3.98. The molecule has 0 aliphatic heterocycles. The molecular formula is C9H9BrN4. The summed E-state index contributed by atoms with van der Waals surface area (Å²) in [5, 5.41) is 3.26. The minimum absolute atomic E-state index is 0.725. The molecule has 0 amide bonds. The zero-order valence-electron chi connectivity index (χ0n) is 7.37. The summed E-state index contributed by atoms with van der Waals surface area (Å²) in [6.07, 6.45) is 6.97. The number of H-pyrrole nitrogens is 1. The topological polar surface area (TPSA) is 53.6 Å². The van der Waals surface area contributed by atoms with E-state index in [4.69, 9.17) is 0 Å². The average Bonchev–Trinajstić information content (AvgIpc) is 2.69. The third kappa shape index (κ3) is 2.11. The number of anilines is 1. The van der Waals surface area contributed by atoms with E-state index in [-0.39, 0.29) is 0 Å². The van der Waals surface area contributed by atoms with E-state index in [1.807, 2.05) is 6.07 Å². The first-order valence-electron chi connectivity index (χ1n) is 4.17. The Morgan fingerprint density at radius 1 is 1.36 bits per heavy atom. The fraction of sp³-hybridized carbons (Fsp3) is 0.111. The molecule has 72 valence electrons. The summed E-state index contributed by atoms with van der Waals surface area (Å²) in [7, 11) is 0. The molecule has 0 fully saturated rings. The van der Waals surface area contributed by atoms with Gasteiger partial charge in [0.15, 0.2) is 0 Å². The summed E-state index contributed by atoms with van der Waals surface area (Å²) in [5.74, 6) is 0. The molecule has 0 spiro atoms. The van der Waals surface area contributed by atoms with Crippen LogP contribution in [0.15, 0.2) is 35.5 Å². The zero-order chi connectivity index (χ0) is 9.80. The normalized spacial score (nSPS) is 10.1. The third-order valence-electron chi connectivity index (χ3n) is 1.80. The Morgan fingerprint density at radius 2 is 2.29 bits per heavy atom. The van der Waals surface area contributed by atoms with Gasteiger partial charge in [0, 0.05) is 18.6 Å². The average molecular weight is 253 g/mol. The number of hydrogen-bond acceptors (Lipinski definition) is 3. The number of pyridine rings is 1. The summed E-state index contributed by atoms with van der Waals surface area (Å²) >= 11 is 3.41. The molecule has 0 atom stereocenters. The molecule has 0 saturated heterocycles. The Bertz CT molecular complexity index is 399. The van der Waals surface area contributed by atoms with Crippen LogP contribution >= 0.6 is 15.9 Å². The number of aromatic amines is 1. The summed E-state index contributed by atoms with van der Waals surface area (Å²) in [4.78, 5) is 10.9. The highest BCUT2D eigenvalue weighted by Gasteiger charge is 1.98. The number of aromatic nitrogens is 3. The van der Waals surface area contributed by atoms with Gasteiger partial charge in [0.2, 0.25) is 0 Å². The number of nitrogens with one attached hydrogen (secondary N) is 2. The van der Waals surface area contributed by atoms with Crippen LogP contribution in [-0.4, -0.2) is 15.0 Å². The summed E-state index contributed by atoms with van der Waals surface area (Å²) < 4.78 is 0.958. The predicted octanol–water partition coefficient (Wildman–Crippen LogP) is 2.18. The molecule has 0 aromatic carbocycles. The van der Waals surface area contributed by atoms with Crippen LogP contribution in [0.5, 0.6) is 0 Å². The molecule has 2 heterocycles. The number of nitrogens with zero attached hydrogens (tertiary/aromatic N) is 2.